The van der Waals surface area contributed by atoms with Crippen LogP contribution in [0.15, 0.2) is 4.99 Å². The Labute approximate surface area is 408 Å². The molecule has 23 nitrogen and oxygen atoms in total. The second-order valence-corrected chi connectivity index (χ2v) is 18.8. The van der Waals surface area contributed by atoms with E-state index in [4.69, 9.17) is 17.2 Å². The van der Waals surface area contributed by atoms with Crippen molar-refractivity contribution >= 4 is 96.1 Å². The Hall–Kier alpha value is -4.53. The molecule has 0 aliphatic carbocycles. The van der Waals surface area contributed by atoms with Crippen molar-refractivity contribution in [1.82, 2.24) is 47.9 Å². The van der Waals surface area contributed by atoms with E-state index in [1.165, 1.54) is 18.7 Å². The predicted octanol–water partition coefficient (Wildman–Crippen LogP) is -3.74. The van der Waals surface area contributed by atoms with Crippen LogP contribution < -0.4 is 65.1 Å². The number of rotatable bonds is 18. The van der Waals surface area contributed by atoms with Crippen LogP contribution in [0, 0.1) is 11.8 Å². The summed E-state index contributed by atoms with van der Waals surface area (Å²) in [6, 6.07) is -11.8. The van der Waals surface area contributed by atoms with Crippen LogP contribution in [0.5, 0.6) is 0 Å². The second-order valence-electron chi connectivity index (χ2n) is 17.0. The largest absolute Gasteiger partial charge is 0.394 e. The van der Waals surface area contributed by atoms with Crippen molar-refractivity contribution in [3.05, 3.63) is 0 Å². The molecule has 0 spiro atoms. The zero-order valence-electron chi connectivity index (χ0n) is 39.4. The first-order valence-corrected chi connectivity index (χ1v) is 25.1. The van der Waals surface area contributed by atoms with E-state index in [-0.39, 0.29) is 80.9 Å². The smallest absolute Gasteiger partial charge is 0.245 e. The van der Waals surface area contributed by atoms with E-state index in [0.29, 0.717) is 18.6 Å². The van der Waals surface area contributed by atoms with E-state index in [0.717, 1.165) is 0 Å². The molecule has 1 aliphatic heterocycles. The zero-order valence-corrected chi connectivity index (χ0v) is 42.0. The Morgan fingerprint density at radius 1 is 0.552 bits per heavy atom. The standard InChI is InChI=1S/C41H75N13O10S3/c1-21(2)16-27-36(60)48-25(11-9-14-45-41(43)44)33(57)49-26(12-15-67-6)35(59)47-24(10-7-8-13-42)34(58)52-29(18-55)38(62)46-23(5)32(56)53-30(19-65)40(64)54-31(20-66)39(63)51-28(17-22(3)4)37(61)50-27/h21-31,55,65-66H,7-20,42H2,1-6H3,(H,46,62)(H,47,59)(H,48,60)(H,49,57)(H,50,61)(H,51,63)(H,52,58)(H,53,56)(H,54,64)(H4,43,44,45)/t23-,24-,25-,26-,27-,28-,29-,30-,31-/m0/s1. The number of carbonyl (C=O) groups excluding carboxylic acids is 9. The van der Waals surface area contributed by atoms with Crippen LogP contribution >= 0.6 is 37.0 Å². The van der Waals surface area contributed by atoms with Crippen LogP contribution in [0.3, 0.4) is 0 Å². The topological polar surface area (TPSA) is 373 Å². The van der Waals surface area contributed by atoms with Crippen LogP contribution in [0.1, 0.15) is 86.0 Å². The second kappa shape index (κ2) is 32.3. The highest BCUT2D eigenvalue weighted by molar-refractivity contribution is 7.98. The van der Waals surface area contributed by atoms with E-state index in [2.05, 4.69) is 78.1 Å². The minimum Gasteiger partial charge on any atom is -0.394 e. The number of thioether (sulfide) groups is 1. The highest BCUT2D eigenvalue weighted by Gasteiger charge is 2.35. The fraction of sp³-hybridized carbons (Fsp3) is 0.756. The molecule has 0 aromatic carbocycles. The van der Waals surface area contributed by atoms with Crippen molar-refractivity contribution in [3.8, 4) is 0 Å². The molecule has 1 heterocycles. The van der Waals surface area contributed by atoms with Crippen LogP contribution in [-0.4, -0.2) is 162 Å². The Morgan fingerprint density at radius 3 is 1.31 bits per heavy atom. The minimum absolute atomic E-state index is 0.0149. The van der Waals surface area contributed by atoms with Crippen LogP contribution in [0.25, 0.3) is 0 Å². The predicted molar refractivity (Wildman–Crippen MR) is 263 cm³/mol. The van der Waals surface area contributed by atoms with Crippen LogP contribution in [-0.2, 0) is 43.2 Å². The highest BCUT2D eigenvalue weighted by Crippen LogP contribution is 2.12. The van der Waals surface area contributed by atoms with Gasteiger partial charge in [0.1, 0.15) is 54.4 Å². The quantitative estimate of drug-likeness (QED) is 0.0272. The maximum Gasteiger partial charge on any atom is 0.245 e. The third-order valence-electron chi connectivity index (χ3n) is 10.3. The monoisotopic (exact) mass is 1010 g/mol. The Kier molecular flexibility index (Phi) is 29.1. The van der Waals surface area contributed by atoms with Gasteiger partial charge in [-0.25, -0.2) is 0 Å². The average molecular weight is 1010 g/mol. The van der Waals surface area contributed by atoms with Crippen molar-refractivity contribution in [1.29, 1.82) is 0 Å². The van der Waals surface area contributed by atoms with Gasteiger partial charge in [0.05, 0.1) is 6.61 Å². The maximum atomic E-state index is 14.2. The number of hydrogen-bond donors (Lipinski definition) is 15. The van der Waals surface area contributed by atoms with Gasteiger partial charge in [0.25, 0.3) is 0 Å². The van der Waals surface area contributed by atoms with Gasteiger partial charge in [-0.2, -0.15) is 37.0 Å². The Morgan fingerprint density at radius 2 is 0.910 bits per heavy atom. The lowest BCUT2D eigenvalue weighted by atomic mass is 9.99. The summed E-state index contributed by atoms with van der Waals surface area (Å²) in [5.41, 5.74) is 16.7. The van der Waals surface area contributed by atoms with Crippen molar-refractivity contribution in [2.75, 3.05) is 43.2 Å². The third-order valence-corrected chi connectivity index (χ3v) is 11.7. The molecule has 382 valence electrons. The molecule has 0 saturated carbocycles. The van der Waals surface area contributed by atoms with Gasteiger partial charge in [-0.05, 0) is 88.7 Å². The first-order valence-electron chi connectivity index (χ1n) is 22.4. The lowest BCUT2D eigenvalue weighted by molar-refractivity contribution is -0.136. The van der Waals surface area contributed by atoms with Gasteiger partial charge in [0.15, 0.2) is 5.96 Å². The molecule has 26 heteroatoms. The molecule has 67 heavy (non-hydrogen) atoms. The van der Waals surface area contributed by atoms with Gasteiger partial charge >= 0.3 is 0 Å². The first kappa shape index (κ1) is 60.5. The summed E-state index contributed by atoms with van der Waals surface area (Å²) < 4.78 is 0. The minimum atomic E-state index is -1.60. The van der Waals surface area contributed by atoms with Crippen molar-refractivity contribution in [2.24, 2.45) is 34.0 Å². The molecule has 0 unspecified atom stereocenters. The maximum absolute atomic E-state index is 14.2. The molecule has 0 aromatic heterocycles. The molecule has 1 fully saturated rings. The van der Waals surface area contributed by atoms with Crippen LogP contribution in [0.4, 0.5) is 0 Å². The fourth-order valence-corrected chi connectivity index (χ4v) is 7.59. The van der Waals surface area contributed by atoms with Crippen molar-refractivity contribution in [2.45, 2.75) is 140 Å². The Balaban J connectivity index is 3.91. The lowest BCUT2D eigenvalue weighted by Crippen LogP contribution is -2.61. The number of nitrogens with zero attached hydrogens (tertiary/aromatic N) is 1. The average Bonchev–Trinajstić information content (AvgIpc) is 3.26. The molecule has 0 bridgehead atoms. The zero-order chi connectivity index (χ0) is 50.8. The summed E-state index contributed by atoms with van der Waals surface area (Å²) in [5, 5.41) is 33.4. The summed E-state index contributed by atoms with van der Waals surface area (Å²) in [6.45, 7) is 8.01. The summed E-state index contributed by atoms with van der Waals surface area (Å²) in [6.07, 6.45) is 3.16. The summed E-state index contributed by atoms with van der Waals surface area (Å²) in [4.78, 5) is 128. The number of aliphatic imine (C=N–C) groups is 1. The lowest BCUT2D eigenvalue weighted by Gasteiger charge is -2.29. The van der Waals surface area contributed by atoms with Gasteiger partial charge in [0.2, 0.25) is 53.2 Å². The molecular weight excluding hydrogens is 931 g/mol. The molecule has 16 N–H and O–H groups in total. The number of unbranched alkanes of at least 4 members (excludes halogenated alkanes) is 1. The van der Waals surface area contributed by atoms with Gasteiger partial charge in [-0.3, -0.25) is 48.1 Å². The normalized spacial score (nSPS) is 26.1. The molecule has 1 aliphatic rings. The van der Waals surface area contributed by atoms with E-state index < -0.39 is 114 Å². The number of thiol groups is 2. The molecule has 0 aromatic rings. The van der Waals surface area contributed by atoms with Crippen LogP contribution in [0.2, 0.25) is 0 Å². The third kappa shape index (κ3) is 22.9. The molecular formula is C41H75N13O10S3. The fourth-order valence-electron chi connectivity index (χ4n) is 6.61. The van der Waals surface area contributed by atoms with Gasteiger partial charge < -0.3 is 70.2 Å². The van der Waals surface area contributed by atoms with E-state index in [1.54, 1.807) is 6.26 Å². The molecule has 9 atom stereocenters. The Bertz CT molecular complexity index is 1690. The van der Waals surface area contributed by atoms with Crippen molar-refractivity contribution < 1.29 is 48.3 Å². The summed E-state index contributed by atoms with van der Waals surface area (Å²) >= 11 is 9.81. The molecule has 1 rings (SSSR count). The summed E-state index contributed by atoms with van der Waals surface area (Å²) in [5.74, 6) is -7.94. The van der Waals surface area contributed by atoms with E-state index >= 15 is 0 Å². The number of hydrogen-bond acceptors (Lipinski definition) is 15. The first-order chi connectivity index (χ1) is 31.6. The number of aliphatic hydroxyl groups is 1. The molecule has 1 saturated heterocycles. The number of aliphatic hydroxyl groups excluding tert-OH is 1. The van der Waals surface area contributed by atoms with Crippen molar-refractivity contribution in [3.63, 3.8) is 0 Å². The molecule has 9 amide bonds. The number of nitrogens with two attached hydrogens (primary N) is 3. The summed E-state index contributed by atoms with van der Waals surface area (Å²) in [7, 11) is 0. The van der Waals surface area contributed by atoms with Gasteiger partial charge in [0, 0.05) is 18.1 Å². The number of carbonyl (C=O) groups is 9. The van der Waals surface area contributed by atoms with E-state index in [9.17, 15) is 48.3 Å². The number of guanidine groups is 1. The van der Waals surface area contributed by atoms with Gasteiger partial charge in [-0.15, -0.1) is 0 Å². The van der Waals surface area contributed by atoms with Gasteiger partial charge in [-0.1, -0.05) is 27.7 Å². The number of nitrogens with one attached hydrogen (secondary N) is 9. The SMILES string of the molecule is CSCC[C@@H]1NC(=O)[C@H](CCCN=C(N)N)NC(=O)[C@H](CC(C)C)NC(=O)[C@H](CC(C)C)NC(=O)[C@H](CS)NC(=O)[C@H](CS)NC(=O)[C@H](C)NC(=O)[C@H](CO)NC(=O)[C@H](CCCCN)NC1=O. The van der Waals surface area contributed by atoms with E-state index in [1.807, 2.05) is 27.7 Å². The number of amides is 9. The molecule has 0 radical (unpaired) electrons. The highest BCUT2D eigenvalue weighted by atomic mass is 32.2.